The average Bonchev–Trinajstić information content (AvgIpc) is 2.88. The van der Waals surface area contributed by atoms with E-state index in [4.69, 9.17) is 0 Å². The number of sulfone groups is 1. The number of nitrogens with zero attached hydrogens (tertiary/aromatic N) is 1. The zero-order valence-electron chi connectivity index (χ0n) is 11.9. The van der Waals surface area contributed by atoms with E-state index in [9.17, 15) is 8.42 Å². The molecule has 110 valence electrons. The molecule has 1 unspecified atom stereocenters. The Bertz CT molecular complexity index is 756. The second-order valence-corrected chi connectivity index (χ2v) is 7.42. The summed E-state index contributed by atoms with van der Waals surface area (Å²) in [5, 5.41) is 3.21. The molecule has 0 amide bonds. The predicted molar refractivity (Wildman–Crippen MR) is 83.3 cm³/mol. The number of aromatic nitrogens is 1. The molecule has 0 radical (unpaired) electrons. The lowest BCUT2D eigenvalue weighted by molar-refractivity contribution is 0.601. The summed E-state index contributed by atoms with van der Waals surface area (Å²) in [5.74, 6) is 0.861. The molecule has 2 aromatic rings. The van der Waals surface area contributed by atoms with Gasteiger partial charge >= 0.3 is 0 Å². The number of nitrogens with one attached hydrogen (secondary N) is 1. The fourth-order valence-electron chi connectivity index (χ4n) is 2.90. The van der Waals surface area contributed by atoms with Gasteiger partial charge in [-0.25, -0.2) is 13.4 Å². The maximum absolute atomic E-state index is 11.8. The van der Waals surface area contributed by atoms with Crippen molar-refractivity contribution < 1.29 is 8.42 Å². The zero-order valence-corrected chi connectivity index (χ0v) is 12.7. The molecule has 0 aliphatic heterocycles. The van der Waals surface area contributed by atoms with Crippen LogP contribution >= 0.6 is 0 Å². The largest absolute Gasteiger partial charge is 0.368 e. The van der Waals surface area contributed by atoms with Crippen molar-refractivity contribution in [2.75, 3.05) is 18.1 Å². The van der Waals surface area contributed by atoms with Crippen molar-refractivity contribution in [3.63, 3.8) is 0 Å². The van der Waals surface area contributed by atoms with E-state index >= 15 is 0 Å². The number of hydrogen-bond acceptors (Lipinski definition) is 4. The molecule has 0 spiro atoms. The van der Waals surface area contributed by atoms with E-state index in [1.165, 1.54) is 17.4 Å². The summed E-state index contributed by atoms with van der Waals surface area (Å²) in [6.45, 7) is 0.705. The summed E-state index contributed by atoms with van der Waals surface area (Å²) >= 11 is 0. The van der Waals surface area contributed by atoms with Crippen LogP contribution in [0.2, 0.25) is 0 Å². The Hall–Kier alpha value is -1.88. The van der Waals surface area contributed by atoms with Gasteiger partial charge in [0.2, 0.25) is 0 Å². The van der Waals surface area contributed by atoms with Crippen LogP contribution in [0.25, 0.3) is 0 Å². The third-order valence-corrected chi connectivity index (χ3v) is 5.07. The molecule has 0 saturated heterocycles. The van der Waals surface area contributed by atoms with E-state index in [1.54, 1.807) is 18.3 Å². The number of benzene rings is 1. The van der Waals surface area contributed by atoms with Gasteiger partial charge in [0.1, 0.15) is 10.7 Å². The van der Waals surface area contributed by atoms with Gasteiger partial charge in [-0.05, 0) is 36.1 Å². The lowest BCUT2D eigenvalue weighted by Gasteiger charge is -2.15. The molecule has 1 aliphatic carbocycles. The molecule has 1 atom stereocenters. The van der Waals surface area contributed by atoms with Gasteiger partial charge in [-0.2, -0.15) is 0 Å². The maximum Gasteiger partial charge on any atom is 0.179 e. The Morgan fingerprint density at radius 1 is 1.24 bits per heavy atom. The molecule has 0 bridgehead atoms. The van der Waals surface area contributed by atoms with Gasteiger partial charge in [0.15, 0.2) is 9.84 Å². The van der Waals surface area contributed by atoms with Crippen LogP contribution in [0.5, 0.6) is 0 Å². The van der Waals surface area contributed by atoms with E-state index in [0.717, 1.165) is 12.8 Å². The minimum atomic E-state index is -3.26. The first-order chi connectivity index (χ1) is 10.1. The summed E-state index contributed by atoms with van der Waals surface area (Å²) in [6, 6.07) is 11.7. The van der Waals surface area contributed by atoms with E-state index in [-0.39, 0.29) is 4.90 Å². The van der Waals surface area contributed by atoms with Gasteiger partial charge in [-0.3, -0.25) is 0 Å². The van der Waals surface area contributed by atoms with Crippen LogP contribution in [-0.2, 0) is 16.3 Å². The molecule has 1 heterocycles. The van der Waals surface area contributed by atoms with Gasteiger partial charge in [-0.15, -0.1) is 0 Å². The summed E-state index contributed by atoms with van der Waals surface area (Å²) in [6.07, 6.45) is 5.00. The number of rotatable bonds is 4. The van der Waals surface area contributed by atoms with Crippen LogP contribution in [-0.4, -0.2) is 26.2 Å². The Morgan fingerprint density at radius 2 is 2.05 bits per heavy atom. The van der Waals surface area contributed by atoms with Gasteiger partial charge in [0.25, 0.3) is 0 Å². The molecule has 0 fully saturated rings. The highest BCUT2D eigenvalue weighted by Crippen LogP contribution is 2.33. The monoisotopic (exact) mass is 302 g/mol. The predicted octanol–water partition coefficient (Wildman–Crippen LogP) is 2.63. The second kappa shape index (κ2) is 5.48. The molecule has 0 saturated carbocycles. The highest BCUT2D eigenvalue weighted by molar-refractivity contribution is 7.90. The van der Waals surface area contributed by atoms with Crippen molar-refractivity contribution >= 4 is 15.7 Å². The Labute approximate surface area is 125 Å². The molecule has 1 aromatic carbocycles. The zero-order chi connectivity index (χ0) is 14.9. The third kappa shape index (κ3) is 2.93. The van der Waals surface area contributed by atoms with E-state index in [2.05, 4.69) is 34.6 Å². The Morgan fingerprint density at radius 3 is 2.86 bits per heavy atom. The number of hydrogen-bond donors (Lipinski definition) is 1. The van der Waals surface area contributed by atoms with Crippen LogP contribution in [0, 0.1) is 0 Å². The first-order valence-electron chi connectivity index (χ1n) is 7.02. The average molecular weight is 302 g/mol. The quantitative estimate of drug-likeness (QED) is 0.943. The van der Waals surface area contributed by atoms with Crippen molar-refractivity contribution in [3.8, 4) is 0 Å². The van der Waals surface area contributed by atoms with Crippen molar-refractivity contribution in [1.82, 2.24) is 4.98 Å². The molecular formula is C16H18N2O2S. The van der Waals surface area contributed by atoms with Gasteiger partial charge in [-0.1, -0.05) is 24.3 Å². The lowest BCUT2D eigenvalue weighted by atomic mass is 10.0. The topological polar surface area (TPSA) is 59.1 Å². The molecule has 1 N–H and O–H groups in total. The van der Waals surface area contributed by atoms with E-state index in [0.29, 0.717) is 18.3 Å². The van der Waals surface area contributed by atoms with Crippen LogP contribution in [0.3, 0.4) is 0 Å². The fourth-order valence-corrected chi connectivity index (χ4v) is 3.70. The highest BCUT2D eigenvalue weighted by atomic mass is 32.2. The van der Waals surface area contributed by atoms with Crippen molar-refractivity contribution in [2.45, 2.75) is 23.7 Å². The Kier molecular flexibility index (Phi) is 3.68. The minimum Gasteiger partial charge on any atom is -0.368 e. The second-order valence-electron chi connectivity index (χ2n) is 5.44. The molecule has 1 aliphatic rings. The standard InChI is InChI=1S/C16H18N2O2S/c1-21(19,20)15-7-4-10-17-16(15)18-11-13-9-8-12-5-2-3-6-14(12)13/h2-7,10,13H,8-9,11H2,1H3,(H,17,18). The number of anilines is 1. The molecular weight excluding hydrogens is 284 g/mol. The number of aryl methyl sites for hydroxylation is 1. The summed E-state index contributed by atoms with van der Waals surface area (Å²) in [5.41, 5.74) is 2.76. The van der Waals surface area contributed by atoms with Crippen LogP contribution in [0.4, 0.5) is 5.82 Å². The minimum absolute atomic E-state index is 0.260. The SMILES string of the molecule is CS(=O)(=O)c1cccnc1NCC1CCc2ccccc21. The summed E-state index contributed by atoms with van der Waals surface area (Å²) in [7, 11) is -3.26. The maximum atomic E-state index is 11.8. The van der Waals surface area contributed by atoms with Crippen LogP contribution in [0.15, 0.2) is 47.5 Å². The normalized spacial score (nSPS) is 17.5. The lowest BCUT2D eigenvalue weighted by Crippen LogP contribution is -2.14. The Balaban J connectivity index is 1.78. The molecule has 5 heteroatoms. The number of pyridine rings is 1. The summed E-state index contributed by atoms with van der Waals surface area (Å²) in [4.78, 5) is 4.43. The summed E-state index contributed by atoms with van der Waals surface area (Å²) < 4.78 is 23.5. The fraction of sp³-hybridized carbons (Fsp3) is 0.312. The third-order valence-electron chi connectivity index (χ3n) is 3.94. The first kappa shape index (κ1) is 14.1. The highest BCUT2D eigenvalue weighted by Gasteiger charge is 2.22. The molecule has 21 heavy (non-hydrogen) atoms. The van der Waals surface area contributed by atoms with Gasteiger partial charge < -0.3 is 5.32 Å². The van der Waals surface area contributed by atoms with Gasteiger partial charge in [0, 0.05) is 24.9 Å². The number of fused-ring (bicyclic) bond motifs is 1. The van der Waals surface area contributed by atoms with E-state index < -0.39 is 9.84 Å². The van der Waals surface area contributed by atoms with Crippen molar-refractivity contribution in [2.24, 2.45) is 0 Å². The van der Waals surface area contributed by atoms with E-state index in [1.807, 2.05) is 0 Å². The van der Waals surface area contributed by atoms with Gasteiger partial charge in [0.05, 0.1) is 0 Å². The first-order valence-corrected chi connectivity index (χ1v) is 8.91. The smallest absolute Gasteiger partial charge is 0.179 e. The molecule has 1 aromatic heterocycles. The van der Waals surface area contributed by atoms with Crippen LogP contribution < -0.4 is 5.32 Å². The molecule has 3 rings (SSSR count). The van der Waals surface area contributed by atoms with Crippen LogP contribution in [0.1, 0.15) is 23.5 Å². The van der Waals surface area contributed by atoms with Crippen molar-refractivity contribution in [1.29, 1.82) is 0 Å². The molecule has 4 nitrogen and oxygen atoms in total. The van der Waals surface area contributed by atoms with Crippen molar-refractivity contribution in [3.05, 3.63) is 53.7 Å².